The van der Waals surface area contributed by atoms with Gasteiger partial charge in [0, 0.05) is 24.5 Å². The van der Waals surface area contributed by atoms with Gasteiger partial charge in [0.2, 0.25) is 0 Å². The number of thioether (sulfide) groups is 1. The molecular formula is C9H16N2S2. The molecule has 1 heterocycles. The zero-order valence-corrected chi connectivity index (χ0v) is 9.59. The highest BCUT2D eigenvalue weighted by atomic mass is 32.2. The Morgan fingerprint density at radius 1 is 1.54 bits per heavy atom. The Kier molecular flexibility index (Phi) is 6.23. The molecule has 0 atom stereocenters. The van der Waals surface area contributed by atoms with Crippen LogP contribution >= 0.6 is 23.1 Å². The average molecular weight is 216 g/mol. The van der Waals surface area contributed by atoms with E-state index in [-0.39, 0.29) is 0 Å². The minimum atomic E-state index is 1.06. The van der Waals surface area contributed by atoms with Gasteiger partial charge in [-0.15, -0.1) is 11.3 Å². The zero-order valence-electron chi connectivity index (χ0n) is 7.95. The SMILES string of the molecule is CSCCCNCCc1nccs1. The first-order valence-electron chi connectivity index (χ1n) is 4.51. The summed E-state index contributed by atoms with van der Waals surface area (Å²) < 4.78 is 0. The molecule has 0 aliphatic carbocycles. The number of nitrogens with zero attached hydrogens (tertiary/aromatic N) is 1. The van der Waals surface area contributed by atoms with Crippen molar-refractivity contribution in [1.82, 2.24) is 10.3 Å². The topological polar surface area (TPSA) is 24.9 Å². The normalized spacial score (nSPS) is 10.5. The summed E-state index contributed by atoms with van der Waals surface area (Å²) in [6.07, 6.45) is 6.35. The number of thiazole rings is 1. The van der Waals surface area contributed by atoms with Crippen molar-refractivity contribution in [2.24, 2.45) is 0 Å². The van der Waals surface area contributed by atoms with Crippen molar-refractivity contribution < 1.29 is 0 Å². The third-order valence-electron chi connectivity index (χ3n) is 1.70. The molecule has 0 saturated carbocycles. The molecule has 0 bridgehead atoms. The lowest BCUT2D eigenvalue weighted by atomic mass is 10.4. The van der Waals surface area contributed by atoms with Crippen molar-refractivity contribution in [3.63, 3.8) is 0 Å². The first kappa shape index (κ1) is 11.0. The molecule has 0 amide bonds. The van der Waals surface area contributed by atoms with Crippen molar-refractivity contribution in [2.45, 2.75) is 12.8 Å². The van der Waals surface area contributed by atoms with Crippen LogP contribution in [0.5, 0.6) is 0 Å². The summed E-state index contributed by atoms with van der Waals surface area (Å²) in [4.78, 5) is 4.22. The van der Waals surface area contributed by atoms with Crippen molar-refractivity contribution >= 4 is 23.1 Å². The lowest BCUT2D eigenvalue weighted by molar-refractivity contribution is 0.673. The highest BCUT2D eigenvalue weighted by Gasteiger charge is 1.93. The monoisotopic (exact) mass is 216 g/mol. The van der Waals surface area contributed by atoms with Gasteiger partial charge in [0.25, 0.3) is 0 Å². The van der Waals surface area contributed by atoms with E-state index >= 15 is 0 Å². The number of rotatable bonds is 7. The van der Waals surface area contributed by atoms with E-state index in [1.54, 1.807) is 11.3 Å². The smallest absolute Gasteiger partial charge is 0.0937 e. The molecular weight excluding hydrogens is 200 g/mol. The summed E-state index contributed by atoms with van der Waals surface area (Å²) in [6, 6.07) is 0. The van der Waals surface area contributed by atoms with Gasteiger partial charge in [-0.2, -0.15) is 11.8 Å². The van der Waals surface area contributed by atoms with Crippen LogP contribution in [-0.4, -0.2) is 30.1 Å². The molecule has 1 aromatic heterocycles. The molecule has 0 fully saturated rings. The van der Waals surface area contributed by atoms with E-state index in [1.807, 2.05) is 23.3 Å². The summed E-state index contributed by atoms with van der Waals surface area (Å²) in [5.41, 5.74) is 0. The maximum Gasteiger partial charge on any atom is 0.0937 e. The predicted octanol–water partition coefficient (Wildman–Crippen LogP) is 2.03. The Balaban J connectivity index is 1.90. The fourth-order valence-corrected chi connectivity index (χ4v) is 2.09. The van der Waals surface area contributed by atoms with E-state index < -0.39 is 0 Å². The van der Waals surface area contributed by atoms with E-state index in [0.717, 1.165) is 19.5 Å². The Labute approximate surface area is 88.2 Å². The Morgan fingerprint density at radius 2 is 2.46 bits per heavy atom. The summed E-state index contributed by atoms with van der Waals surface area (Å²) in [7, 11) is 0. The molecule has 0 radical (unpaired) electrons. The van der Waals surface area contributed by atoms with Gasteiger partial charge in [0.05, 0.1) is 5.01 Å². The second-order valence-corrected chi connectivity index (χ2v) is 4.74. The van der Waals surface area contributed by atoms with Crippen LogP contribution in [0.3, 0.4) is 0 Å². The van der Waals surface area contributed by atoms with E-state index in [4.69, 9.17) is 0 Å². The van der Waals surface area contributed by atoms with E-state index in [9.17, 15) is 0 Å². The molecule has 74 valence electrons. The van der Waals surface area contributed by atoms with Crippen LogP contribution < -0.4 is 5.32 Å². The Hall–Kier alpha value is -0.0600. The largest absolute Gasteiger partial charge is 0.316 e. The first-order chi connectivity index (χ1) is 6.43. The van der Waals surface area contributed by atoms with Gasteiger partial charge in [-0.1, -0.05) is 0 Å². The summed E-state index contributed by atoms with van der Waals surface area (Å²) >= 11 is 3.64. The van der Waals surface area contributed by atoms with Crippen LogP contribution in [0.25, 0.3) is 0 Å². The van der Waals surface area contributed by atoms with Crippen LogP contribution in [0.2, 0.25) is 0 Å². The highest BCUT2D eigenvalue weighted by Crippen LogP contribution is 2.03. The zero-order chi connectivity index (χ0) is 9.36. The third-order valence-corrected chi connectivity index (χ3v) is 3.24. The lowest BCUT2D eigenvalue weighted by Gasteiger charge is -2.01. The third kappa shape index (κ3) is 5.29. The molecule has 13 heavy (non-hydrogen) atoms. The fourth-order valence-electron chi connectivity index (χ4n) is 1.04. The predicted molar refractivity (Wildman–Crippen MR) is 61.7 cm³/mol. The average Bonchev–Trinajstić information content (AvgIpc) is 2.63. The van der Waals surface area contributed by atoms with Crippen LogP contribution in [-0.2, 0) is 6.42 Å². The van der Waals surface area contributed by atoms with Gasteiger partial charge in [0.15, 0.2) is 0 Å². The molecule has 1 aromatic rings. The van der Waals surface area contributed by atoms with Gasteiger partial charge in [-0.05, 0) is 25.0 Å². The van der Waals surface area contributed by atoms with E-state index in [1.165, 1.54) is 17.2 Å². The van der Waals surface area contributed by atoms with Gasteiger partial charge < -0.3 is 5.32 Å². The minimum Gasteiger partial charge on any atom is -0.316 e. The van der Waals surface area contributed by atoms with Crippen molar-refractivity contribution in [3.05, 3.63) is 16.6 Å². The first-order valence-corrected chi connectivity index (χ1v) is 6.79. The molecule has 4 heteroatoms. The lowest BCUT2D eigenvalue weighted by Crippen LogP contribution is -2.18. The number of nitrogens with one attached hydrogen (secondary N) is 1. The molecule has 1 N–H and O–H groups in total. The Morgan fingerprint density at radius 3 is 3.15 bits per heavy atom. The quantitative estimate of drug-likeness (QED) is 0.706. The van der Waals surface area contributed by atoms with Crippen molar-refractivity contribution in [3.8, 4) is 0 Å². The minimum absolute atomic E-state index is 1.06. The van der Waals surface area contributed by atoms with Crippen molar-refractivity contribution in [2.75, 3.05) is 25.1 Å². The second-order valence-electron chi connectivity index (χ2n) is 2.77. The summed E-state index contributed by atoms with van der Waals surface area (Å²) in [5.74, 6) is 1.25. The highest BCUT2D eigenvalue weighted by molar-refractivity contribution is 7.98. The van der Waals surface area contributed by atoms with Gasteiger partial charge >= 0.3 is 0 Å². The number of hydrogen-bond donors (Lipinski definition) is 1. The summed E-state index contributed by atoms with van der Waals surface area (Å²) in [5, 5.41) is 6.68. The second kappa shape index (κ2) is 7.35. The molecule has 0 saturated heterocycles. The van der Waals surface area contributed by atoms with Crippen LogP contribution in [0, 0.1) is 0 Å². The van der Waals surface area contributed by atoms with Crippen LogP contribution in [0.15, 0.2) is 11.6 Å². The van der Waals surface area contributed by atoms with Crippen molar-refractivity contribution in [1.29, 1.82) is 0 Å². The van der Waals surface area contributed by atoms with Crippen LogP contribution in [0.1, 0.15) is 11.4 Å². The van der Waals surface area contributed by atoms with E-state index in [0.29, 0.717) is 0 Å². The molecule has 0 aliphatic rings. The maximum atomic E-state index is 4.22. The van der Waals surface area contributed by atoms with Gasteiger partial charge in [-0.25, -0.2) is 4.98 Å². The molecule has 0 spiro atoms. The van der Waals surface area contributed by atoms with Gasteiger partial charge in [-0.3, -0.25) is 0 Å². The molecule has 0 aromatic carbocycles. The van der Waals surface area contributed by atoms with Gasteiger partial charge in [0.1, 0.15) is 0 Å². The molecule has 1 rings (SSSR count). The molecule has 0 unspecified atom stereocenters. The fraction of sp³-hybridized carbons (Fsp3) is 0.667. The standard InChI is InChI=1S/C9H16N2S2/c1-12-7-2-4-10-5-3-9-11-6-8-13-9/h6,8,10H,2-5,7H2,1H3. The van der Waals surface area contributed by atoms with E-state index in [2.05, 4.69) is 16.6 Å². The molecule has 0 aliphatic heterocycles. The summed E-state index contributed by atoms with van der Waals surface area (Å²) in [6.45, 7) is 2.19. The maximum absolute atomic E-state index is 4.22. The van der Waals surface area contributed by atoms with Crippen LogP contribution in [0.4, 0.5) is 0 Å². The number of aromatic nitrogens is 1. The molecule has 2 nitrogen and oxygen atoms in total. The number of hydrogen-bond acceptors (Lipinski definition) is 4. The Bertz CT molecular complexity index is 199.